The first-order chi connectivity index (χ1) is 17.8. The third-order valence-electron chi connectivity index (χ3n) is 6.55. The molecule has 1 saturated heterocycles. The molecule has 0 unspecified atom stereocenters. The van der Waals surface area contributed by atoms with Gasteiger partial charge in [0.05, 0.1) is 5.02 Å². The van der Waals surface area contributed by atoms with E-state index in [4.69, 9.17) is 16.3 Å². The fraction of sp³-hybridized carbons (Fsp3) is 0.393. The topological polar surface area (TPSA) is 67.7 Å². The first-order valence-electron chi connectivity index (χ1n) is 12.6. The minimum atomic E-state index is -0.346. The van der Waals surface area contributed by atoms with Crippen LogP contribution in [0.15, 0.2) is 60.8 Å². The molecule has 0 radical (unpaired) electrons. The second kappa shape index (κ2) is 12.2. The van der Waals surface area contributed by atoms with Gasteiger partial charge in [0.1, 0.15) is 17.7 Å². The summed E-state index contributed by atoms with van der Waals surface area (Å²) in [5.41, 5.74) is 1.26. The molecule has 0 N–H and O–H groups in total. The van der Waals surface area contributed by atoms with Crippen molar-refractivity contribution in [1.82, 2.24) is 19.6 Å². The predicted octanol–water partition coefficient (Wildman–Crippen LogP) is 5.04. The third-order valence-corrected chi connectivity index (χ3v) is 6.83. The zero-order valence-corrected chi connectivity index (χ0v) is 21.9. The highest BCUT2D eigenvalue weighted by molar-refractivity contribution is 6.33. The highest BCUT2D eigenvalue weighted by atomic mass is 35.5. The average molecular weight is 527 g/mol. The number of carbonyl (C=O) groups excluding carboxylic acids is 2. The Hall–Kier alpha value is -3.39. The van der Waals surface area contributed by atoms with E-state index in [-0.39, 0.29) is 41.8 Å². The number of hydrogen-bond acceptors (Lipinski definition) is 4. The van der Waals surface area contributed by atoms with E-state index in [9.17, 15) is 14.0 Å². The van der Waals surface area contributed by atoms with Crippen LogP contribution in [-0.2, 0) is 17.9 Å². The Morgan fingerprint density at radius 2 is 1.89 bits per heavy atom. The van der Waals surface area contributed by atoms with Gasteiger partial charge in [-0.2, -0.15) is 5.10 Å². The fourth-order valence-corrected chi connectivity index (χ4v) is 4.83. The maximum Gasteiger partial charge on any atom is 0.275 e. The van der Waals surface area contributed by atoms with E-state index in [0.29, 0.717) is 43.4 Å². The summed E-state index contributed by atoms with van der Waals surface area (Å²) < 4.78 is 21.3. The van der Waals surface area contributed by atoms with Gasteiger partial charge in [-0.05, 0) is 36.2 Å². The van der Waals surface area contributed by atoms with Gasteiger partial charge < -0.3 is 14.5 Å². The number of rotatable bonds is 9. The number of aromatic nitrogens is 2. The zero-order valence-electron chi connectivity index (χ0n) is 21.1. The van der Waals surface area contributed by atoms with E-state index < -0.39 is 0 Å². The highest BCUT2D eigenvalue weighted by Crippen LogP contribution is 2.28. The van der Waals surface area contributed by atoms with Crippen molar-refractivity contribution in [3.8, 4) is 5.75 Å². The second-order valence-electron chi connectivity index (χ2n) is 9.44. The molecule has 0 bridgehead atoms. The molecule has 4 rings (SSSR count). The fourth-order valence-electron chi connectivity index (χ4n) is 4.60. The first-order valence-corrected chi connectivity index (χ1v) is 12.9. The Balaban J connectivity index is 1.49. The van der Waals surface area contributed by atoms with Crippen molar-refractivity contribution in [1.29, 1.82) is 0 Å². The lowest BCUT2D eigenvalue weighted by atomic mass is 9.90. The van der Waals surface area contributed by atoms with Gasteiger partial charge in [0.25, 0.3) is 5.91 Å². The molecule has 0 spiro atoms. The maximum atomic E-state index is 13.4. The molecular formula is C28H32ClFN4O3. The summed E-state index contributed by atoms with van der Waals surface area (Å²) in [6, 6.07) is 15.6. The van der Waals surface area contributed by atoms with Crippen molar-refractivity contribution in [2.24, 2.45) is 5.92 Å². The SMILES string of the molecule is CCCn1cc(Cl)c(C(=O)N2CC[C@H](Oc3ccc(F)cc3)[C@@H](CC(=O)N(C)Cc3ccccc3)C2)n1. The molecule has 37 heavy (non-hydrogen) atoms. The van der Waals surface area contributed by atoms with Crippen molar-refractivity contribution in [3.63, 3.8) is 0 Å². The van der Waals surface area contributed by atoms with E-state index in [0.717, 1.165) is 12.0 Å². The normalized spacial score (nSPS) is 17.5. The van der Waals surface area contributed by atoms with Crippen molar-refractivity contribution in [2.75, 3.05) is 20.1 Å². The van der Waals surface area contributed by atoms with Crippen LogP contribution < -0.4 is 4.74 Å². The van der Waals surface area contributed by atoms with Gasteiger partial charge in [-0.1, -0.05) is 48.9 Å². The minimum absolute atomic E-state index is 0.0406. The van der Waals surface area contributed by atoms with Gasteiger partial charge in [0.15, 0.2) is 5.69 Å². The minimum Gasteiger partial charge on any atom is -0.490 e. The number of ether oxygens (including phenoxy) is 1. The number of hydrogen-bond donors (Lipinski definition) is 0. The van der Waals surface area contributed by atoms with Crippen molar-refractivity contribution >= 4 is 23.4 Å². The molecule has 1 fully saturated rings. The van der Waals surface area contributed by atoms with Crippen LogP contribution >= 0.6 is 11.6 Å². The number of aryl methyl sites for hydroxylation is 1. The van der Waals surface area contributed by atoms with Gasteiger partial charge >= 0.3 is 0 Å². The van der Waals surface area contributed by atoms with Gasteiger partial charge in [-0.25, -0.2) is 4.39 Å². The molecule has 1 aromatic heterocycles. The van der Waals surface area contributed by atoms with E-state index in [1.807, 2.05) is 37.3 Å². The lowest BCUT2D eigenvalue weighted by Gasteiger charge is -2.38. The summed E-state index contributed by atoms with van der Waals surface area (Å²) in [5, 5.41) is 4.70. The van der Waals surface area contributed by atoms with Crippen LogP contribution in [0.3, 0.4) is 0 Å². The summed E-state index contributed by atoms with van der Waals surface area (Å²) in [7, 11) is 1.77. The molecule has 3 aromatic rings. The standard InChI is InChI=1S/C28H32ClFN4O3/c1-3-14-34-19-24(29)27(31-34)28(36)33-15-13-25(37-23-11-9-22(30)10-12-23)21(18-33)16-26(35)32(2)17-20-7-5-4-6-8-20/h4-12,19,21,25H,3,13-18H2,1-2H3/t21-,25-/m0/s1. The molecule has 2 heterocycles. The Kier molecular flexibility index (Phi) is 8.82. The first kappa shape index (κ1) is 26.7. The molecule has 7 nitrogen and oxygen atoms in total. The lowest BCUT2D eigenvalue weighted by Crippen LogP contribution is -2.49. The Labute approximate surface area is 221 Å². The number of amides is 2. The van der Waals surface area contributed by atoms with Crippen molar-refractivity contribution in [2.45, 2.75) is 45.4 Å². The quantitative estimate of drug-likeness (QED) is 0.391. The molecule has 0 saturated carbocycles. The lowest BCUT2D eigenvalue weighted by molar-refractivity contribution is -0.132. The molecule has 0 aliphatic carbocycles. The van der Waals surface area contributed by atoms with Crippen molar-refractivity contribution < 1.29 is 18.7 Å². The summed E-state index contributed by atoms with van der Waals surface area (Å²) in [6.45, 7) is 3.95. The number of benzene rings is 2. The molecule has 2 aromatic carbocycles. The molecular weight excluding hydrogens is 495 g/mol. The Morgan fingerprint density at radius 1 is 1.16 bits per heavy atom. The van der Waals surface area contributed by atoms with Crippen LogP contribution in [0.2, 0.25) is 5.02 Å². The van der Waals surface area contributed by atoms with Crippen LogP contribution in [-0.4, -0.2) is 57.6 Å². The van der Waals surface area contributed by atoms with Crippen LogP contribution in [0.1, 0.15) is 42.2 Å². The molecule has 196 valence electrons. The maximum absolute atomic E-state index is 13.4. The van der Waals surface area contributed by atoms with E-state index in [1.165, 1.54) is 12.1 Å². The van der Waals surface area contributed by atoms with E-state index >= 15 is 0 Å². The number of halogens is 2. The molecule has 1 aliphatic heterocycles. The number of nitrogens with zero attached hydrogens (tertiary/aromatic N) is 4. The van der Waals surface area contributed by atoms with Gasteiger partial charge in [0.2, 0.25) is 5.91 Å². The van der Waals surface area contributed by atoms with Crippen LogP contribution in [0.25, 0.3) is 0 Å². The highest BCUT2D eigenvalue weighted by Gasteiger charge is 2.36. The van der Waals surface area contributed by atoms with Gasteiger partial charge in [-0.3, -0.25) is 14.3 Å². The summed E-state index contributed by atoms with van der Waals surface area (Å²) >= 11 is 6.34. The average Bonchev–Trinajstić information content (AvgIpc) is 3.26. The number of likely N-dealkylation sites (tertiary alicyclic amines) is 1. The van der Waals surface area contributed by atoms with E-state index in [2.05, 4.69) is 5.10 Å². The van der Waals surface area contributed by atoms with Crippen molar-refractivity contribution in [3.05, 3.63) is 82.9 Å². The third kappa shape index (κ3) is 6.89. The molecule has 1 aliphatic rings. The Morgan fingerprint density at radius 3 is 2.59 bits per heavy atom. The molecule has 2 amide bonds. The summed E-state index contributed by atoms with van der Waals surface area (Å²) in [5.74, 6) is -0.370. The summed E-state index contributed by atoms with van der Waals surface area (Å²) in [6.07, 6.45) is 2.96. The van der Waals surface area contributed by atoms with Gasteiger partial charge in [-0.15, -0.1) is 0 Å². The smallest absolute Gasteiger partial charge is 0.275 e. The predicted molar refractivity (Wildman–Crippen MR) is 140 cm³/mol. The van der Waals surface area contributed by atoms with E-state index in [1.54, 1.807) is 39.9 Å². The molecule has 9 heteroatoms. The monoisotopic (exact) mass is 526 g/mol. The number of piperidine rings is 1. The second-order valence-corrected chi connectivity index (χ2v) is 9.85. The van der Waals surface area contributed by atoms with Gasteiger partial charge in [0, 0.05) is 58.2 Å². The Bertz CT molecular complexity index is 1200. The molecule has 2 atom stereocenters. The summed E-state index contributed by atoms with van der Waals surface area (Å²) in [4.78, 5) is 29.9. The van der Waals surface area contributed by atoms with Crippen LogP contribution in [0.4, 0.5) is 4.39 Å². The number of carbonyl (C=O) groups is 2. The van der Waals surface area contributed by atoms with Crippen LogP contribution in [0.5, 0.6) is 5.75 Å². The zero-order chi connectivity index (χ0) is 26.4. The van der Waals surface area contributed by atoms with Crippen LogP contribution in [0, 0.1) is 11.7 Å². The largest absolute Gasteiger partial charge is 0.490 e.